The second-order valence-electron chi connectivity index (χ2n) is 8.25. The standard InChI is InChI=1S/C24H32N4O6S2/c1-5-13-27-14-12-18-19(15-27)35-23(20(18)22(30)26-24(31)34-4)25-21(29)16-8-10-17(11-9-16)36(32,33)28(6-2)7-3/h8-11H,5-7,12-15H2,1-4H3,(H,25,29)(H,26,30,31). The van der Waals surface area contributed by atoms with Crippen molar-refractivity contribution in [1.82, 2.24) is 14.5 Å². The maximum Gasteiger partial charge on any atom is 0.413 e. The van der Waals surface area contributed by atoms with E-state index in [1.807, 2.05) is 0 Å². The van der Waals surface area contributed by atoms with Crippen molar-refractivity contribution in [3.8, 4) is 0 Å². The van der Waals surface area contributed by atoms with Crippen LogP contribution in [-0.4, -0.2) is 68.8 Å². The van der Waals surface area contributed by atoms with Gasteiger partial charge in [-0.1, -0.05) is 20.8 Å². The lowest BCUT2D eigenvalue weighted by atomic mass is 10.0. The van der Waals surface area contributed by atoms with Crippen LogP contribution >= 0.6 is 11.3 Å². The molecule has 0 atom stereocenters. The van der Waals surface area contributed by atoms with Gasteiger partial charge < -0.3 is 10.1 Å². The van der Waals surface area contributed by atoms with Crippen LogP contribution in [0.25, 0.3) is 0 Å². The average molecular weight is 537 g/mol. The number of carbonyl (C=O) groups is 3. The highest BCUT2D eigenvalue weighted by Crippen LogP contribution is 2.37. The summed E-state index contributed by atoms with van der Waals surface area (Å²) < 4.78 is 31.3. The molecule has 0 radical (unpaired) electrons. The number of carbonyl (C=O) groups excluding carboxylic acids is 3. The largest absolute Gasteiger partial charge is 0.453 e. The summed E-state index contributed by atoms with van der Waals surface area (Å²) in [6, 6.07) is 5.68. The smallest absolute Gasteiger partial charge is 0.413 e. The molecule has 10 nitrogen and oxygen atoms in total. The van der Waals surface area contributed by atoms with Gasteiger partial charge in [0.2, 0.25) is 10.0 Å². The number of hydrogen-bond donors (Lipinski definition) is 2. The van der Waals surface area contributed by atoms with Crippen LogP contribution in [0, 0.1) is 0 Å². The van der Waals surface area contributed by atoms with Gasteiger partial charge in [0.05, 0.1) is 17.6 Å². The van der Waals surface area contributed by atoms with Gasteiger partial charge in [-0.2, -0.15) is 4.31 Å². The van der Waals surface area contributed by atoms with E-state index in [1.165, 1.54) is 47.0 Å². The molecule has 12 heteroatoms. The van der Waals surface area contributed by atoms with Crippen molar-refractivity contribution in [3.63, 3.8) is 0 Å². The van der Waals surface area contributed by atoms with E-state index in [0.717, 1.165) is 30.0 Å². The summed E-state index contributed by atoms with van der Waals surface area (Å²) >= 11 is 1.31. The Balaban J connectivity index is 1.89. The lowest BCUT2D eigenvalue weighted by Gasteiger charge is -2.26. The molecule has 1 aromatic carbocycles. The maximum absolute atomic E-state index is 13.1. The monoisotopic (exact) mass is 536 g/mol. The molecule has 2 aromatic rings. The van der Waals surface area contributed by atoms with Gasteiger partial charge >= 0.3 is 6.09 Å². The second kappa shape index (κ2) is 12.0. The molecular weight excluding hydrogens is 504 g/mol. The fraction of sp³-hybridized carbons (Fsp3) is 0.458. The summed E-state index contributed by atoms with van der Waals surface area (Å²) in [5.41, 5.74) is 1.31. The zero-order valence-corrected chi connectivity index (χ0v) is 22.6. The third-order valence-electron chi connectivity index (χ3n) is 5.99. The van der Waals surface area contributed by atoms with Gasteiger partial charge in [0, 0.05) is 36.6 Å². The second-order valence-corrected chi connectivity index (χ2v) is 11.3. The quantitative estimate of drug-likeness (QED) is 0.504. The van der Waals surface area contributed by atoms with E-state index in [-0.39, 0.29) is 16.0 Å². The number of nitrogens with one attached hydrogen (secondary N) is 2. The molecule has 0 spiro atoms. The molecule has 0 saturated heterocycles. The van der Waals surface area contributed by atoms with Crippen molar-refractivity contribution in [2.24, 2.45) is 0 Å². The van der Waals surface area contributed by atoms with Crippen molar-refractivity contribution in [2.75, 3.05) is 38.6 Å². The lowest BCUT2D eigenvalue weighted by molar-refractivity contribution is 0.0936. The van der Waals surface area contributed by atoms with E-state index < -0.39 is 27.9 Å². The van der Waals surface area contributed by atoms with Crippen LogP contribution in [0.3, 0.4) is 0 Å². The molecule has 1 aliphatic rings. The number of ether oxygens (including phenoxy) is 1. The van der Waals surface area contributed by atoms with Gasteiger partial charge in [-0.15, -0.1) is 11.3 Å². The third kappa shape index (κ3) is 5.94. The molecule has 0 aliphatic carbocycles. The van der Waals surface area contributed by atoms with Crippen molar-refractivity contribution < 1.29 is 27.5 Å². The number of alkyl carbamates (subject to hydrolysis) is 1. The van der Waals surface area contributed by atoms with Crippen molar-refractivity contribution in [1.29, 1.82) is 0 Å². The number of rotatable bonds is 9. The average Bonchev–Trinajstić information content (AvgIpc) is 3.21. The number of anilines is 1. The van der Waals surface area contributed by atoms with E-state index in [1.54, 1.807) is 13.8 Å². The molecule has 3 rings (SSSR count). The number of hydrogen-bond acceptors (Lipinski definition) is 8. The molecule has 0 fully saturated rings. The fourth-order valence-electron chi connectivity index (χ4n) is 4.16. The zero-order chi connectivity index (χ0) is 26.5. The predicted molar refractivity (Wildman–Crippen MR) is 138 cm³/mol. The number of amides is 3. The first kappa shape index (κ1) is 27.8. The first-order valence-electron chi connectivity index (χ1n) is 11.8. The number of sulfonamides is 1. The van der Waals surface area contributed by atoms with Crippen molar-refractivity contribution in [2.45, 2.75) is 45.1 Å². The zero-order valence-electron chi connectivity index (χ0n) is 20.9. The number of methoxy groups -OCH3 is 1. The first-order chi connectivity index (χ1) is 17.2. The number of benzene rings is 1. The Kier molecular flexibility index (Phi) is 9.23. The molecule has 1 aromatic heterocycles. The summed E-state index contributed by atoms with van der Waals surface area (Å²) in [6.45, 7) is 8.66. The summed E-state index contributed by atoms with van der Waals surface area (Å²) in [5.74, 6) is -1.13. The molecule has 36 heavy (non-hydrogen) atoms. The highest BCUT2D eigenvalue weighted by Gasteiger charge is 2.30. The summed E-state index contributed by atoms with van der Waals surface area (Å²) in [7, 11) is -2.48. The Morgan fingerprint density at radius 1 is 1.08 bits per heavy atom. The van der Waals surface area contributed by atoms with E-state index in [9.17, 15) is 22.8 Å². The molecule has 2 heterocycles. The minimum Gasteiger partial charge on any atom is -0.453 e. The molecule has 0 bridgehead atoms. The van der Waals surface area contributed by atoms with Crippen LogP contribution in [0.15, 0.2) is 29.2 Å². The summed E-state index contributed by atoms with van der Waals surface area (Å²) in [4.78, 5) is 41.0. The SMILES string of the molecule is CCCN1CCc2c(sc(NC(=O)c3ccc(S(=O)(=O)N(CC)CC)cc3)c2C(=O)NC(=O)OC)C1. The Bertz CT molecular complexity index is 1220. The van der Waals surface area contributed by atoms with Crippen molar-refractivity contribution in [3.05, 3.63) is 45.8 Å². The summed E-state index contributed by atoms with van der Waals surface area (Å²) in [6.07, 6.45) is 0.731. The fourth-order valence-corrected chi connectivity index (χ4v) is 6.90. The molecular formula is C24H32N4O6S2. The van der Waals surface area contributed by atoms with Crippen LogP contribution in [0.4, 0.5) is 9.80 Å². The Hall–Kier alpha value is -2.80. The van der Waals surface area contributed by atoms with E-state index in [0.29, 0.717) is 31.1 Å². The number of imide groups is 1. The van der Waals surface area contributed by atoms with Gasteiger partial charge in [0.25, 0.3) is 11.8 Å². The third-order valence-corrected chi connectivity index (χ3v) is 9.19. The van der Waals surface area contributed by atoms with E-state index in [2.05, 4.69) is 27.2 Å². The molecule has 3 amide bonds. The van der Waals surface area contributed by atoms with Crippen molar-refractivity contribution >= 4 is 44.3 Å². The van der Waals surface area contributed by atoms with Gasteiger partial charge in [0.1, 0.15) is 5.00 Å². The van der Waals surface area contributed by atoms with Gasteiger partial charge in [-0.05, 0) is 49.2 Å². The van der Waals surface area contributed by atoms with Crippen LogP contribution in [-0.2, 0) is 27.7 Å². The molecule has 0 unspecified atom stereocenters. The van der Waals surface area contributed by atoms with Crippen LogP contribution in [0.5, 0.6) is 0 Å². The number of fused-ring (bicyclic) bond motifs is 1. The molecule has 0 saturated carbocycles. The molecule has 1 aliphatic heterocycles. The van der Waals surface area contributed by atoms with Crippen LogP contribution in [0.2, 0.25) is 0 Å². The Labute approximate surface area is 215 Å². The van der Waals surface area contributed by atoms with E-state index >= 15 is 0 Å². The number of nitrogens with zero attached hydrogens (tertiary/aromatic N) is 2. The van der Waals surface area contributed by atoms with Gasteiger partial charge in [-0.3, -0.25) is 19.8 Å². The molecule has 196 valence electrons. The van der Waals surface area contributed by atoms with E-state index in [4.69, 9.17) is 0 Å². The minimum atomic E-state index is -3.64. The lowest BCUT2D eigenvalue weighted by Crippen LogP contribution is -2.34. The first-order valence-corrected chi connectivity index (χ1v) is 14.1. The topological polar surface area (TPSA) is 125 Å². The normalized spacial score (nSPS) is 13.8. The van der Waals surface area contributed by atoms with Gasteiger partial charge in [-0.25, -0.2) is 13.2 Å². The van der Waals surface area contributed by atoms with Crippen LogP contribution in [0.1, 0.15) is 58.3 Å². The number of thiophene rings is 1. The van der Waals surface area contributed by atoms with Gasteiger partial charge in [0.15, 0.2) is 0 Å². The Morgan fingerprint density at radius 3 is 2.33 bits per heavy atom. The highest BCUT2D eigenvalue weighted by molar-refractivity contribution is 7.89. The predicted octanol–water partition coefficient (Wildman–Crippen LogP) is 3.30. The van der Waals surface area contributed by atoms with Crippen LogP contribution < -0.4 is 10.6 Å². The Morgan fingerprint density at radius 2 is 1.75 bits per heavy atom. The highest BCUT2D eigenvalue weighted by atomic mass is 32.2. The summed E-state index contributed by atoms with van der Waals surface area (Å²) in [5, 5.41) is 5.32. The maximum atomic E-state index is 13.1. The minimum absolute atomic E-state index is 0.100. The molecule has 2 N–H and O–H groups in total.